The van der Waals surface area contributed by atoms with Gasteiger partial charge in [-0.15, -0.1) is 0 Å². The largest absolute Gasteiger partial charge is 0.282 e. The molecule has 0 aromatic heterocycles. The predicted octanol–water partition coefficient (Wildman–Crippen LogP) is 3.55. The van der Waals surface area contributed by atoms with Crippen molar-refractivity contribution in [1.29, 1.82) is 0 Å². The zero-order valence-corrected chi connectivity index (χ0v) is 12.9. The van der Waals surface area contributed by atoms with Gasteiger partial charge < -0.3 is 0 Å². The lowest BCUT2D eigenvalue weighted by Gasteiger charge is -2.19. The first kappa shape index (κ1) is 14.5. The summed E-state index contributed by atoms with van der Waals surface area (Å²) in [4.78, 5) is 0. The van der Waals surface area contributed by atoms with E-state index in [4.69, 9.17) is 0 Å². The van der Waals surface area contributed by atoms with E-state index in [0.717, 1.165) is 10.0 Å². The summed E-state index contributed by atoms with van der Waals surface area (Å²) >= 11 is 3.39. The summed E-state index contributed by atoms with van der Waals surface area (Å²) in [5, 5.41) is 0. The van der Waals surface area contributed by atoms with Crippen molar-refractivity contribution in [1.82, 2.24) is 0 Å². The average molecular weight is 320 g/mol. The Morgan fingerprint density at radius 1 is 1.29 bits per heavy atom. The van der Waals surface area contributed by atoms with E-state index in [1.807, 2.05) is 39.8 Å². The summed E-state index contributed by atoms with van der Waals surface area (Å²) in [7, 11) is -3.31. The van der Waals surface area contributed by atoms with Gasteiger partial charge in [0.15, 0.2) is 0 Å². The van der Waals surface area contributed by atoms with Crippen molar-refractivity contribution in [3.63, 3.8) is 0 Å². The molecule has 0 saturated carbocycles. The average Bonchev–Trinajstić information content (AvgIpc) is 2.08. The maximum absolute atomic E-state index is 11.9. The van der Waals surface area contributed by atoms with Crippen molar-refractivity contribution in [3.8, 4) is 0 Å². The molecule has 0 heterocycles. The summed E-state index contributed by atoms with van der Waals surface area (Å²) in [5.74, 6) is 0.0976. The first-order chi connectivity index (χ1) is 7.61. The Hall–Kier alpha value is -0.550. The number of nitrogens with one attached hydrogen (secondary N) is 1. The molecule has 0 aliphatic carbocycles. The van der Waals surface area contributed by atoms with E-state index < -0.39 is 10.0 Å². The number of hydrogen-bond donors (Lipinski definition) is 1. The molecule has 0 amide bonds. The summed E-state index contributed by atoms with van der Waals surface area (Å²) < 4.78 is 27.3. The maximum atomic E-state index is 11.9. The van der Waals surface area contributed by atoms with Gasteiger partial charge in [0.2, 0.25) is 10.0 Å². The molecule has 0 unspecified atom stereocenters. The highest BCUT2D eigenvalue weighted by Crippen LogP contribution is 2.27. The van der Waals surface area contributed by atoms with E-state index in [9.17, 15) is 8.42 Å². The molecule has 5 heteroatoms. The minimum Gasteiger partial charge on any atom is -0.282 e. The van der Waals surface area contributed by atoms with Crippen LogP contribution in [0.4, 0.5) is 5.69 Å². The minimum atomic E-state index is -3.31. The molecule has 0 aliphatic heterocycles. The maximum Gasteiger partial charge on any atom is 0.233 e. The fraction of sp³-hybridized carbons (Fsp3) is 0.500. The van der Waals surface area contributed by atoms with Gasteiger partial charge in [-0.2, -0.15) is 0 Å². The van der Waals surface area contributed by atoms with E-state index in [1.54, 1.807) is 6.07 Å². The summed E-state index contributed by atoms with van der Waals surface area (Å²) in [6, 6.07) is 5.50. The van der Waals surface area contributed by atoms with Crippen LogP contribution >= 0.6 is 15.9 Å². The molecule has 1 aromatic rings. The van der Waals surface area contributed by atoms with Crippen molar-refractivity contribution >= 4 is 31.6 Å². The molecular formula is C12H18BrNO2S. The van der Waals surface area contributed by atoms with Crippen molar-refractivity contribution in [2.75, 3.05) is 10.5 Å². The summed E-state index contributed by atoms with van der Waals surface area (Å²) in [6.45, 7) is 7.62. The van der Waals surface area contributed by atoms with Crippen LogP contribution in [0.25, 0.3) is 0 Å². The number of anilines is 1. The van der Waals surface area contributed by atoms with Gasteiger partial charge >= 0.3 is 0 Å². The number of rotatable bonds is 3. The first-order valence-corrected chi connectivity index (χ1v) is 7.81. The van der Waals surface area contributed by atoms with Crippen LogP contribution in [0.5, 0.6) is 0 Å². The molecule has 3 nitrogen and oxygen atoms in total. The normalized spacial score (nSPS) is 12.5. The Morgan fingerprint density at radius 3 is 2.41 bits per heavy atom. The van der Waals surface area contributed by atoms with Gasteiger partial charge in [-0.1, -0.05) is 32.9 Å². The molecule has 0 fully saturated rings. The number of halogens is 1. The van der Waals surface area contributed by atoms with Crippen LogP contribution in [0.3, 0.4) is 0 Å². The third-order valence-corrected chi connectivity index (χ3v) is 4.91. The van der Waals surface area contributed by atoms with Crippen molar-refractivity contribution in [3.05, 3.63) is 28.2 Å². The lowest BCUT2D eigenvalue weighted by molar-refractivity contribution is 0.463. The molecule has 0 spiro atoms. The summed E-state index contributed by atoms with van der Waals surface area (Å²) in [5.41, 5.74) is 1.33. The second kappa shape index (κ2) is 4.98. The molecule has 17 heavy (non-hydrogen) atoms. The third kappa shape index (κ3) is 4.68. The van der Waals surface area contributed by atoms with Crippen LogP contribution in [0.1, 0.15) is 26.3 Å². The second-order valence-electron chi connectivity index (χ2n) is 5.36. The molecule has 0 atom stereocenters. The van der Waals surface area contributed by atoms with Gasteiger partial charge in [0, 0.05) is 4.47 Å². The number of benzene rings is 1. The van der Waals surface area contributed by atoms with Crippen LogP contribution < -0.4 is 4.72 Å². The van der Waals surface area contributed by atoms with E-state index in [2.05, 4.69) is 20.7 Å². The molecule has 1 aromatic carbocycles. The Kier molecular flexibility index (Phi) is 4.25. The molecule has 0 aliphatic rings. The lowest BCUT2D eigenvalue weighted by atomic mass is 10.0. The molecule has 0 radical (unpaired) electrons. The highest BCUT2D eigenvalue weighted by Gasteiger charge is 2.22. The number of sulfonamides is 1. The predicted molar refractivity (Wildman–Crippen MR) is 75.7 cm³/mol. The molecular weight excluding hydrogens is 302 g/mol. The van der Waals surface area contributed by atoms with Crippen molar-refractivity contribution in [2.45, 2.75) is 27.7 Å². The van der Waals surface area contributed by atoms with Gasteiger partial charge in [0.25, 0.3) is 0 Å². The Balaban J connectivity index is 2.95. The lowest BCUT2D eigenvalue weighted by Crippen LogP contribution is -2.26. The number of hydrogen-bond acceptors (Lipinski definition) is 2. The standard InChI is InChI=1S/C12H18BrNO2S/c1-9-6-5-7-10(11(9)13)14-17(15,16)8-12(2,3)4/h5-7,14H,8H2,1-4H3. The number of aryl methyl sites for hydroxylation is 1. The van der Waals surface area contributed by atoms with E-state index in [1.165, 1.54) is 0 Å². The van der Waals surface area contributed by atoms with Crippen LogP contribution in [0, 0.1) is 12.3 Å². The van der Waals surface area contributed by atoms with Crippen LogP contribution in [0.15, 0.2) is 22.7 Å². The highest BCUT2D eigenvalue weighted by molar-refractivity contribution is 9.10. The smallest absolute Gasteiger partial charge is 0.233 e. The van der Waals surface area contributed by atoms with E-state index in [-0.39, 0.29) is 11.2 Å². The molecule has 96 valence electrons. The van der Waals surface area contributed by atoms with Crippen LogP contribution in [-0.4, -0.2) is 14.2 Å². The summed E-state index contributed by atoms with van der Waals surface area (Å²) in [6.07, 6.45) is 0. The van der Waals surface area contributed by atoms with Crippen molar-refractivity contribution < 1.29 is 8.42 Å². The van der Waals surface area contributed by atoms with Gasteiger partial charge in [-0.05, 0) is 39.9 Å². The van der Waals surface area contributed by atoms with Crippen molar-refractivity contribution in [2.24, 2.45) is 5.41 Å². The SMILES string of the molecule is Cc1cccc(NS(=O)(=O)CC(C)(C)C)c1Br. The van der Waals surface area contributed by atoms with Gasteiger partial charge in [-0.25, -0.2) is 8.42 Å². The highest BCUT2D eigenvalue weighted by atomic mass is 79.9. The fourth-order valence-electron chi connectivity index (χ4n) is 1.50. The molecule has 0 saturated heterocycles. The zero-order chi connectivity index (χ0) is 13.3. The topological polar surface area (TPSA) is 46.2 Å². The monoisotopic (exact) mass is 319 g/mol. The quantitative estimate of drug-likeness (QED) is 0.926. The van der Waals surface area contributed by atoms with Gasteiger partial charge in [0.05, 0.1) is 11.4 Å². The molecule has 1 rings (SSSR count). The second-order valence-corrected chi connectivity index (χ2v) is 7.87. The Morgan fingerprint density at radius 2 is 1.88 bits per heavy atom. The van der Waals surface area contributed by atoms with Gasteiger partial charge in [-0.3, -0.25) is 4.72 Å². The molecule has 0 bridgehead atoms. The third-order valence-electron chi connectivity index (χ3n) is 2.08. The fourth-order valence-corrected chi connectivity index (χ4v) is 3.71. The minimum absolute atomic E-state index is 0.0976. The van der Waals surface area contributed by atoms with Gasteiger partial charge in [0.1, 0.15) is 0 Å². The zero-order valence-electron chi connectivity index (χ0n) is 10.5. The first-order valence-electron chi connectivity index (χ1n) is 5.36. The Labute approximate surface area is 112 Å². The Bertz CT molecular complexity index is 504. The van der Waals surface area contributed by atoms with E-state index in [0.29, 0.717) is 5.69 Å². The van der Waals surface area contributed by atoms with E-state index >= 15 is 0 Å². The van der Waals surface area contributed by atoms with Crippen LogP contribution in [0.2, 0.25) is 0 Å². The van der Waals surface area contributed by atoms with Crippen LogP contribution in [-0.2, 0) is 10.0 Å². The molecule has 1 N–H and O–H groups in total.